The van der Waals surface area contributed by atoms with Crippen molar-refractivity contribution < 1.29 is 19.7 Å². The molecule has 27 heavy (non-hydrogen) atoms. The summed E-state index contributed by atoms with van der Waals surface area (Å²) in [5, 5.41) is 30.6. The van der Waals surface area contributed by atoms with E-state index in [1.807, 2.05) is 7.05 Å². The minimum atomic E-state index is -0.388. The molecule has 0 saturated carbocycles. The van der Waals surface area contributed by atoms with Gasteiger partial charge in [-0.15, -0.1) is 0 Å². The van der Waals surface area contributed by atoms with E-state index in [4.69, 9.17) is 4.42 Å². The predicted octanol–water partition coefficient (Wildman–Crippen LogP) is 3.39. The summed E-state index contributed by atoms with van der Waals surface area (Å²) in [6.07, 6.45) is 1.65. The van der Waals surface area contributed by atoms with Crippen molar-refractivity contribution in [3.05, 3.63) is 52.2 Å². The molecule has 2 aromatic carbocycles. The van der Waals surface area contributed by atoms with Crippen LogP contribution >= 0.6 is 0 Å². The minimum Gasteiger partial charge on any atom is -0.508 e. The van der Waals surface area contributed by atoms with Crippen LogP contribution in [0.25, 0.3) is 22.3 Å². The van der Waals surface area contributed by atoms with Crippen LogP contribution in [-0.2, 0) is 0 Å². The molecule has 0 radical (unpaired) electrons. The molecule has 6 nitrogen and oxygen atoms in total. The summed E-state index contributed by atoms with van der Waals surface area (Å²) in [5.74, 6) is 0.0140. The van der Waals surface area contributed by atoms with Gasteiger partial charge in [-0.25, -0.2) is 0 Å². The fraction of sp³-hybridized carbons (Fsp3) is 0.286. The summed E-state index contributed by atoms with van der Waals surface area (Å²) in [6.45, 7) is 1.76. The Bertz CT molecular complexity index is 1060. The first-order valence-corrected chi connectivity index (χ1v) is 8.94. The number of likely N-dealkylation sites (tertiary alicyclic amines) is 1. The van der Waals surface area contributed by atoms with Gasteiger partial charge in [0.15, 0.2) is 5.43 Å². The number of hydrogen-bond acceptors (Lipinski definition) is 6. The first-order chi connectivity index (χ1) is 12.9. The maximum absolute atomic E-state index is 12.7. The van der Waals surface area contributed by atoms with Gasteiger partial charge in [0.2, 0.25) is 0 Å². The predicted molar refractivity (Wildman–Crippen MR) is 102 cm³/mol. The van der Waals surface area contributed by atoms with Crippen LogP contribution in [0.1, 0.15) is 24.3 Å². The molecule has 3 aromatic rings. The number of phenolic OH excluding ortho intramolecular Hbond substituents is 3. The third-order valence-corrected chi connectivity index (χ3v) is 5.26. The molecule has 140 valence electrons. The zero-order valence-corrected chi connectivity index (χ0v) is 15.0. The van der Waals surface area contributed by atoms with Crippen molar-refractivity contribution in [2.24, 2.45) is 0 Å². The molecular weight excluding hydrogens is 346 g/mol. The van der Waals surface area contributed by atoms with E-state index in [1.54, 1.807) is 12.1 Å². The van der Waals surface area contributed by atoms with Crippen LogP contribution in [0.2, 0.25) is 0 Å². The van der Waals surface area contributed by atoms with Gasteiger partial charge in [0.25, 0.3) is 0 Å². The number of aromatic hydroxyl groups is 3. The van der Waals surface area contributed by atoms with Gasteiger partial charge in [0.05, 0.1) is 0 Å². The highest BCUT2D eigenvalue weighted by Crippen LogP contribution is 2.42. The average Bonchev–Trinajstić information content (AvgIpc) is 2.62. The smallest absolute Gasteiger partial charge is 0.197 e. The second-order valence-corrected chi connectivity index (χ2v) is 7.14. The van der Waals surface area contributed by atoms with E-state index in [0.29, 0.717) is 11.1 Å². The molecular formula is C21H21NO5. The average molecular weight is 367 g/mol. The van der Waals surface area contributed by atoms with E-state index in [1.165, 1.54) is 24.3 Å². The second kappa shape index (κ2) is 6.63. The summed E-state index contributed by atoms with van der Waals surface area (Å²) >= 11 is 0. The number of rotatable bonds is 2. The van der Waals surface area contributed by atoms with Crippen LogP contribution in [0, 0.1) is 0 Å². The molecule has 1 fully saturated rings. The lowest BCUT2D eigenvalue weighted by Crippen LogP contribution is -2.29. The summed E-state index contributed by atoms with van der Waals surface area (Å²) in [7, 11) is 2.05. The van der Waals surface area contributed by atoms with Crippen molar-refractivity contribution in [2.45, 2.75) is 18.8 Å². The summed E-state index contributed by atoms with van der Waals surface area (Å²) in [6, 6.07) is 8.94. The fourth-order valence-electron chi connectivity index (χ4n) is 3.81. The first kappa shape index (κ1) is 17.4. The Balaban J connectivity index is 1.96. The highest BCUT2D eigenvalue weighted by atomic mass is 16.3. The maximum atomic E-state index is 12.7. The molecule has 0 bridgehead atoms. The van der Waals surface area contributed by atoms with E-state index in [9.17, 15) is 20.1 Å². The van der Waals surface area contributed by atoms with E-state index in [2.05, 4.69) is 4.90 Å². The van der Waals surface area contributed by atoms with E-state index in [-0.39, 0.29) is 45.3 Å². The first-order valence-electron chi connectivity index (χ1n) is 8.94. The fourth-order valence-corrected chi connectivity index (χ4v) is 3.81. The van der Waals surface area contributed by atoms with Gasteiger partial charge < -0.3 is 24.6 Å². The number of hydrogen-bond donors (Lipinski definition) is 3. The van der Waals surface area contributed by atoms with Gasteiger partial charge in [0.1, 0.15) is 34.0 Å². The largest absolute Gasteiger partial charge is 0.508 e. The second-order valence-electron chi connectivity index (χ2n) is 7.14. The zero-order chi connectivity index (χ0) is 19.1. The molecule has 0 amide bonds. The third kappa shape index (κ3) is 3.13. The highest BCUT2D eigenvalue weighted by Gasteiger charge is 2.27. The third-order valence-electron chi connectivity index (χ3n) is 5.26. The lowest BCUT2D eigenvalue weighted by Gasteiger charge is -2.29. The topological polar surface area (TPSA) is 94.1 Å². The van der Waals surface area contributed by atoms with Gasteiger partial charge >= 0.3 is 0 Å². The molecule has 0 aliphatic carbocycles. The van der Waals surface area contributed by atoms with Gasteiger partial charge in [-0.3, -0.25) is 4.79 Å². The highest BCUT2D eigenvalue weighted by molar-refractivity contribution is 5.89. The van der Waals surface area contributed by atoms with Gasteiger partial charge in [-0.05, 0) is 51.0 Å². The molecule has 6 heteroatoms. The monoisotopic (exact) mass is 367 g/mol. The maximum Gasteiger partial charge on any atom is 0.197 e. The van der Waals surface area contributed by atoms with Crippen LogP contribution in [0.3, 0.4) is 0 Å². The van der Waals surface area contributed by atoms with Crippen molar-refractivity contribution in [2.75, 3.05) is 20.1 Å². The molecule has 0 spiro atoms. The molecule has 1 aliphatic rings. The van der Waals surface area contributed by atoms with Crippen molar-refractivity contribution in [3.8, 4) is 28.6 Å². The number of nitrogens with zero attached hydrogens (tertiary/aromatic N) is 1. The Morgan fingerprint density at radius 1 is 1.04 bits per heavy atom. The summed E-state index contributed by atoms with van der Waals surface area (Å²) in [5.41, 5.74) is 0.940. The summed E-state index contributed by atoms with van der Waals surface area (Å²) < 4.78 is 6.01. The van der Waals surface area contributed by atoms with Crippen molar-refractivity contribution >= 4 is 11.0 Å². The number of fused-ring (bicyclic) bond motifs is 1. The van der Waals surface area contributed by atoms with E-state index in [0.717, 1.165) is 25.9 Å². The van der Waals surface area contributed by atoms with Crippen molar-refractivity contribution in [1.82, 2.24) is 4.90 Å². The normalized spacial score (nSPS) is 16.0. The summed E-state index contributed by atoms with van der Waals surface area (Å²) in [4.78, 5) is 14.9. The zero-order valence-electron chi connectivity index (χ0n) is 15.0. The molecule has 0 atom stereocenters. The van der Waals surface area contributed by atoms with Crippen LogP contribution in [0.4, 0.5) is 0 Å². The minimum absolute atomic E-state index is 0.0341. The molecule has 4 rings (SSSR count). The molecule has 3 N–H and O–H groups in total. The van der Waals surface area contributed by atoms with Crippen molar-refractivity contribution in [1.29, 1.82) is 0 Å². The van der Waals surface area contributed by atoms with Gasteiger partial charge in [0, 0.05) is 23.3 Å². The Labute approximate surface area is 155 Å². The quantitative estimate of drug-likeness (QED) is 0.643. The Morgan fingerprint density at radius 2 is 1.78 bits per heavy atom. The number of benzene rings is 2. The Kier molecular flexibility index (Phi) is 4.28. The van der Waals surface area contributed by atoms with Crippen LogP contribution in [0.5, 0.6) is 17.2 Å². The standard InChI is InChI=1S/C21H21NO5/c1-22-7-5-12(6-8-22)19-15(24)10-16(25)20-17(26)11-18(27-21(19)20)13-3-2-4-14(23)9-13/h2-4,9-12,23-25H,5-8H2,1H3. The van der Waals surface area contributed by atoms with Crippen LogP contribution < -0.4 is 5.43 Å². The van der Waals surface area contributed by atoms with Crippen LogP contribution in [0.15, 0.2) is 45.6 Å². The molecule has 0 unspecified atom stereocenters. The lowest BCUT2D eigenvalue weighted by atomic mass is 9.87. The SMILES string of the molecule is CN1CCC(c2c(O)cc(O)c3c(=O)cc(-c4cccc(O)c4)oc23)CC1. The molecule has 1 saturated heterocycles. The lowest BCUT2D eigenvalue weighted by molar-refractivity contribution is 0.253. The number of phenols is 3. The molecule has 2 heterocycles. The molecule has 1 aliphatic heterocycles. The Hall–Kier alpha value is -2.99. The van der Waals surface area contributed by atoms with Gasteiger partial charge in [-0.1, -0.05) is 12.1 Å². The van der Waals surface area contributed by atoms with Gasteiger partial charge in [-0.2, -0.15) is 0 Å². The van der Waals surface area contributed by atoms with Crippen molar-refractivity contribution in [3.63, 3.8) is 0 Å². The Morgan fingerprint density at radius 3 is 2.48 bits per heavy atom. The van der Waals surface area contributed by atoms with E-state index >= 15 is 0 Å². The van der Waals surface area contributed by atoms with Crippen LogP contribution in [-0.4, -0.2) is 40.4 Å². The van der Waals surface area contributed by atoms with E-state index < -0.39 is 0 Å². The molecule has 1 aromatic heterocycles. The number of piperidine rings is 1.